The Hall–Kier alpha value is -1.61. The van der Waals surface area contributed by atoms with Crippen molar-refractivity contribution in [2.45, 2.75) is 13.5 Å². The van der Waals surface area contributed by atoms with Crippen LogP contribution in [0.4, 0.5) is 0 Å². The Labute approximate surface area is 83.2 Å². The van der Waals surface area contributed by atoms with E-state index in [4.69, 9.17) is 5.73 Å². The predicted molar refractivity (Wildman–Crippen MR) is 56.2 cm³/mol. The van der Waals surface area contributed by atoms with Crippen LogP contribution in [0, 0.1) is 6.92 Å². The first-order valence-corrected chi connectivity index (χ1v) is 4.62. The maximum absolute atomic E-state index is 5.59. The maximum atomic E-state index is 5.59. The number of para-hydroxylation sites is 1. The molecule has 0 saturated carbocycles. The first-order valence-electron chi connectivity index (χ1n) is 4.62. The summed E-state index contributed by atoms with van der Waals surface area (Å²) in [5.74, 6) is 0. The van der Waals surface area contributed by atoms with Crippen molar-refractivity contribution >= 4 is 0 Å². The van der Waals surface area contributed by atoms with E-state index in [0.29, 0.717) is 6.54 Å². The van der Waals surface area contributed by atoms with Gasteiger partial charge in [0.05, 0.1) is 11.4 Å². The van der Waals surface area contributed by atoms with Gasteiger partial charge < -0.3 is 5.73 Å². The molecule has 0 radical (unpaired) electrons. The Morgan fingerprint density at radius 3 is 2.57 bits per heavy atom. The lowest BCUT2D eigenvalue weighted by Crippen LogP contribution is -1.95. The Morgan fingerprint density at radius 1 is 1.29 bits per heavy atom. The number of aromatic nitrogens is 2. The minimum Gasteiger partial charge on any atom is -0.326 e. The number of nitrogens with zero attached hydrogens (tertiary/aromatic N) is 2. The van der Waals surface area contributed by atoms with Crippen molar-refractivity contribution in [2.75, 3.05) is 0 Å². The van der Waals surface area contributed by atoms with Crippen molar-refractivity contribution in [1.29, 1.82) is 0 Å². The number of benzene rings is 1. The summed E-state index contributed by atoms with van der Waals surface area (Å²) in [6.07, 6.45) is 1.98. The predicted octanol–water partition coefficient (Wildman–Crippen LogP) is 1.64. The molecule has 0 atom stereocenters. The molecule has 1 heterocycles. The molecule has 72 valence electrons. The van der Waals surface area contributed by atoms with E-state index in [-0.39, 0.29) is 0 Å². The minimum atomic E-state index is 0.540. The van der Waals surface area contributed by atoms with Gasteiger partial charge in [0, 0.05) is 18.3 Å². The average molecular weight is 187 g/mol. The lowest BCUT2D eigenvalue weighted by Gasteiger charge is -1.98. The van der Waals surface area contributed by atoms with E-state index in [1.807, 2.05) is 48.1 Å². The fraction of sp³-hybridized carbons (Fsp3) is 0.182. The van der Waals surface area contributed by atoms with E-state index in [0.717, 1.165) is 16.9 Å². The molecule has 2 N–H and O–H groups in total. The van der Waals surface area contributed by atoms with Gasteiger partial charge >= 0.3 is 0 Å². The third-order valence-electron chi connectivity index (χ3n) is 2.24. The van der Waals surface area contributed by atoms with Crippen molar-refractivity contribution in [2.24, 2.45) is 5.73 Å². The standard InChI is InChI=1S/C11H13N3/c1-9-10(7-12)8-14(13-9)11-5-3-2-4-6-11/h2-6,8H,7,12H2,1H3. The zero-order valence-electron chi connectivity index (χ0n) is 8.14. The number of hydrogen-bond acceptors (Lipinski definition) is 2. The van der Waals surface area contributed by atoms with Crippen molar-refractivity contribution in [1.82, 2.24) is 9.78 Å². The Bertz CT molecular complexity index is 417. The molecule has 0 saturated heterocycles. The highest BCUT2D eigenvalue weighted by Gasteiger charge is 2.03. The van der Waals surface area contributed by atoms with E-state index in [9.17, 15) is 0 Å². The van der Waals surface area contributed by atoms with Crippen LogP contribution in [0.1, 0.15) is 11.3 Å². The molecule has 0 aliphatic carbocycles. The van der Waals surface area contributed by atoms with Gasteiger partial charge in [-0.3, -0.25) is 0 Å². The average Bonchev–Trinajstić information content (AvgIpc) is 2.61. The van der Waals surface area contributed by atoms with E-state index in [2.05, 4.69) is 5.10 Å². The van der Waals surface area contributed by atoms with E-state index in [1.165, 1.54) is 0 Å². The third-order valence-corrected chi connectivity index (χ3v) is 2.24. The summed E-state index contributed by atoms with van der Waals surface area (Å²) in [7, 11) is 0. The van der Waals surface area contributed by atoms with Crippen LogP contribution in [0.25, 0.3) is 5.69 Å². The van der Waals surface area contributed by atoms with Crippen LogP contribution in [0.15, 0.2) is 36.5 Å². The number of aryl methyl sites for hydroxylation is 1. The molecule has 0 unspecified atom stereocenters. The normalized spacial score (nSPS) is 10.4. The van der Waals surface area contributed by atoms with Crippen LogP contribution in [-0.2, 0) is 6.54 Å². The molecule has 1 aromatic heterocycles. The number of nitrogens with two attached hydrogens (primary N) is 1. The first-order chi connectivity index (χ1) is 6.81. The van der Waals surface area contributed by atoms with E-state index >= 15 is 0 Å². The van der Waals surface area contributed by atoms with Crippen molar-refractivity contribution in [3.8, 4) is 5.69 Å². The van der Waals surface area contributed by atoms with Gasteiger partial charge in [-0.05, 0) is 19.1 Å². The Morgan fingerprint density at radius 2 is 2.00 bits per heavy atom. The lowest BCUT2D eigenvalue weighted by atomic mass is 10.3. The minimum absolute atomic E-state index is 0.540. The summed E-state index contributed by atoms with van der Waals surface area (Å²) in [6, 6.07) is 10.0. The topological polar surface area (TPSA) is 43.8 Å². The van der Waals surface area contributed by atoms with Crippen LogP contribution in [0.3, 0.4) is 0 Å². The molecule has 0 bridgehead atoms. The fourth-order valence-electron chi connectivity index (χ4n) is 1.41. The van der Waals surface area contributed by atoms with Crippen LogP contribution in [0.5, 0.6) is 0 Å². The second kappa shape index (κ2) is 3.64. The smallest absolute Gasteiger partial charge is 0.0645 e. The highest BCUT2D eigenvalue weighted by atomic mass is 15.3. The van der Waals surface area contributed by atoms with Crippen LogP contribution in [0.2, 0.25) is 0 Å². The quantitative estimate of drug-likeness (QED) is 0.776. The zero-order chi connectivity index (χ0) is 9.97. The van der Waals surface area contributed by atoms with Gasteiger partial charge in [0.1, 0.15) is 0 Å². The number of hydrogen-bond donors (Lipinski definition) is 1. The molecule has 3 heteroatoms. The molecule has 1 aromatic carbocycles. The second-order valence-corrected chi connectivity index (χ2v) is 3.22. The SMILES string of the molecule is Cc1nn(-c2ccccc2)cc1CN. The fourth-order valence-corrected chi connectivity index (χ4v) is 1.41. The van der Waals surface area contributed by atoms with Crippen LogP contribution >= 0.6 is 0 Å². The van der Waals surface area contributed by atoms with E-state index in [1.54, 1.807) is 0 Å². The molecule has 2 rings (SSSR count). The highest BCUT2D eigenvalue weighted by molar-refractivity contribution is 5.32. The molecule has 0 spiro atoms. The first kappa shape index (κ1) is 8.97. The summed E-state index contributed by atoms with van der Waals surface area (Å²) >= 11 is 0. The molecule has 3 nitrogen and oxygen atoms in total. The summed E-state index contributed by atoms with van der Waals surface area (Å²) < 4.78 is 1.86. The van der Waals surface area contributed by atoms with Crippen molar-refractivity contribution < 1.29 is 0 Å². The highest BCUT2D eigenvalue weighted by Crippen LogP contribution is 2.10. The summed E-state index contributed by atoms with van der Waals surface area (Å²) in [5.41, 5.74) is 8.74. The van der Waals surface area contributed by atoms with Gasteiger partial charge in [0.15, 0.2) is 0 Å². The largest absolute Gasteiger partial charge is 0.326 e. The van der Waals surface area contributed by atoms with Gasteiger partial charge in [-0.15, -0.1) is 0 Å². The van der Waals surface area contributed by atoms with Crippen molar-refractivity contribution in [3.63, 3.8) is 0 Å². The van der Waals surface area contributed by atoms with E-state index < -0.39 is 0 Å². The summed E-state index contributed by atoms with van der Waals surface area (Å²) in [4.78, 5) is 0. The Balaban J connectivity index is 2.43. The monoisotopic (exact) mass is 187 g/mol. The molecular weight excluding hydrogens is 174 g/mol. The van der Waals surface area contributed by atoms with Gasteiger partial charge in [-0.25, -0.2) is 4.68 Å². The van der Waals surface area contributed by atoms with Gasteiger partial charge in [-0.1, -0.05) is 18.2 Å². The zero-order valence-corrected chi connectivity index (χ0v) is 8.14. The second-order valence-electron chi connectivity index (χ2n) is 3.22. The lowest BCUT2D eigenvalue weighted by molar-refractivity contribution is 0.863. The van der Waals surface area contributed by atoms with Crippen molar-refractivity contribution in [3.05, 3.63) is 47.8 Å². The van der Waals surface area contributed by atoms with Crippen LogP contribution < -0.4 is 5.73 Å². The molecular formula is C11H13N3. The van der Waals surface area contributed by atoms with Crippen LogP contribution in [-0.4, -0.2) is 9.78 Å². The van der Waals surface area contributed by atoms with Gasteiger partial charge in [-0.2, -0.15) is 5.10 Å². The Kier molecular flexibility index (Phi) is 2.33. The third kappa shape index (κ3) is 1.54. The summed E-state index contributed by atoms with van der Waals surface area (Å²) in [6.45, 7) is 2.51. The molecule has 0 fully saturated rings. The van der Waals surface area contributed by atoms with Gasteiger partial charge in [0.25, 0.3) is 0 Å². The molecule has 0 amide bonds. The molecule has 0 aliphatic rings. The summed E-state index contributed by atoms with van der Waals surface area (Å²) in [5, 5.41) is 4.39. The molecule has 2 aromatic rings. The number of rotatable bonds is 2. The van der Waals surface area contributed by atoms with Gasteiger partial charge in [0.2, 0.25) is 0 Å². The molecule has 14 heavy (non-hydrogen) atoms. The molecule has 0 aliphatic heterocycles. The maximum Gasteiger partial charge on any atom is 0.0645 e.